The van der Waals surface area contributed by atoms with Gasteiger partial charge in [-0.1, -0.05) is 257 Å². The number of nitrogens with zero attached hydrogens (tertiary/aromatic N) is 6. The molecule has 0 saturated carbocycles. The fourth-order valence-electron chi connectivity index (χ4n) is 13.9. The van der Waals surface area contributed by atoms with Gasteiger partial charge in [0.2, 0.25) is 0 Å². The Hall–Kier alpha value is -11.1. The van der Waals surface area contributed by atoms with E-state index >= 15 is 0 Å². The van der Waals surface area contributed by atoms with Gasteiger partial charge in [-0.25, -0.2) is 0 Å². The van der Waals surface area contributed by atoms with Gasteiger partial charge in [-0.3, -0.25) is 0 Å². The molecule has 126 heavy (non-hydrogen) atoms. The van der Waals surface area contributed by atoms with Gasteiger partial charge in [0, 0.05) is 132 Å². The Morgan fingerprint density at radius 3 is 1.39 bits per heavy atom. The molecule has 8 heterocycles. The molecular weight excluding hydrogens is 2140 g/mol. The topological polar surface area (TPSA) is 90.5 Å². The molecule has 8 aromatic heterocycles. The van der Waals surface area contributed by atoms with Crippen LogP contribution in [0.3, 0.4) is 0 Å². The number of hydrogen-bond donors (Lipinski definition) is 0. The van der Waals surface area contributed by atoms with Gasteiger partial charge in [0.15, 0.2) is 0 Å². The zero-order valence-corrected chi connectivity index (χ0v) is 83.5. The van der Waals surface area contributed by atoms with Gasteiger partial charge < -0.3 is 34.3 Å². The molecule has 7 nitrogen and oxygen atoms in total. The van der Waals surface area contributed by atoms with Crippen LogP contribution in [-0.4, -0.2) is 54.1 Å². The van der Waals surface area contributed by atoms with Crippen LogP contribution < -0.4 is 15.6 Å². The summed E-state index contributed by atoms with van der Waals surface area (Å²) in [6, 6.07) is 87.8. The number of hydrogen-bond acceptors (Lipinski definition) is 8. The van der Waals surface area contributed by atoms with Crippen LogP contribution >= 0.6 is 11.3 Å². The average molecular weight is 2260 g/mol. The molecule has 19 aromatic rings. The van der Waals surface area contributed by atoms with Gasteiger partial charge in [0.05, 0.1) is 35.3 Å². The second-order valence-electron chi connectivity index (χ2n) is 33.1. The molecule has 14 heteroatoms. The second-order valence-corrected chi connectivity index (χ2v) is 49.4. The van der Waals surface area contributed by atoms with E-state index in [9.17, 15) is 0 Å². The molecule has 0 saturated heterocycles. The molecule has 11 aromatic carbocycles. The number of para-hydroxylation sites is 1. The van der Waals surface area contributed by atoms with Crippen molar-refractivity contribution in [3.63, 3.8) is 0 Å². The van der Waals surface area contributed by atoms with E-state index in [2.05, 4.69) is 277 Å². The van der Waals surface area contributed by atoms with E-state index in [1.165, 1.54) is 74.7 Å². The second kappa shape index (κ2) is 44.4. The minimum absolute atomic E-state index is 0. The maximum Gasteiger partial charge on any atom is 0.120 e. The number of fused-ring (bicyclic) bond motifs is 6. The molecule has 0 atom stereocenters. The van der Waals surface area contributed by atoms with Crippen LogP contribution in [0.5, 0.6) is 0 Å². The van der Waals surface area contributed by atoms with E-state index in [0.717, 1.165) is 78.8 Å². The van der Waals surface area contributed by atoms with Crippen LogP contribution in [0.25, 0.3) is 143 Å². The Labute approximate surface area is 815 Å². The molecule has 0 aliphatic carbocycles. The van der Waals surface area contributed by atoms with Crippen molar-refractivity contribution in [2.45, 2.75) is 100.0 Å². The number of furan rings is 1. The maximum atomic E-state index is 8.22. The van der Waals surface area contributed by atoms with Crippen LogP contribution in [0, 0.1) is 63.1 Å². The summed E-state index contributed by atoms with van der Waals surface area (Å²) >= 11 is 1.82. The van der Waals surface area contributed by atoms with Crippen molar-refractivity contribution < 1.29 is 86.7 Å². The first-order chi connectivity index (χ1) is 66.0. The van der Waals surface area contributed by atoms with Gasteiger partial charge in [-0.15, -0.1) is 191 Å². The molecule has 0 amide bonds. The number of benzene rings is 11. The summed E-state index contributed by atoms with van der Waals surface area (Å²) < 4.78 is 131. The van der Waals surface area contributed by atoms with E-state index in [-0.39, 0.29) is 120 Å². The van der Waals surface area contributed by atoms with E-state index in [0.29, 0.717) is 28.4 Å². The van der Waals surface area contributed by atoms with Gasteiger partial charge >= 0.3 is 0 Å². The van der Waals surface area contributed by atoms with Crippen LogP contribution in [0.1, 0.15) is 58.0 Å². The number of thiophene rings is 1. The molecule has 637 valence electrons. The van der Waals surface area contributed by atoms with Crippen molar-refractivity contribution in [3.8, 4) is 101 Å². The summed E-state index contributed by atoms with van der Waals surface area (Å²) in [5.41, 5.74) is 20.9. The van der Waals surface area contributed by atoms with Crippen molar-refractivity contribution in [1.82, 2.24) is 29.9 Å². The number of aromatic nitrogens is 6. The molecule has 0 aliphatic heterocycles. The van der Waals surface area contributed by atoms with Crippen LogP contribution in [0.4, 0.5) is 0 Å². The summed E-state index contributed by atoms with van der Waals surface area (Å²) in [4.78, 5) is 26.1. The van der Waals surface area contributed by atoms with E-state index in [1.54, 1.807) is 30.6 Å². The fourth-order valence-corrected chi connectivity index (χ4v) is 18.6. The molecule has 0 unspecified atom stereocenters. The first-order valence-electron chi connectivity index (χ1n) is 48.7. The van der Waals surface area contributed by atoms with E-state index in [1.807, 2.05) is 103 Å². The predicted molar refractivity (Wildman–Crippen MR) is 529 cm³/mol. The molecule has 3 radical (unpaired) electrons. The molecule has 19 rings (SSSR count). The predicted octanol–water partition coefficient (Wildman–Crippen LogP) is 28.3. The van der Waals surface area contributed by atoms with E-state index < -0.39 is 72.7 Å². The first-order valence-corrected chi connectivity index (χ1v) is 52.0. The number of pyridine rings is 6. The van der Waals surface area contributed by atoms with Crippen molar-refractivity contribution in [1.29, 1.82) is 0 Å². The molecule has 0 fully saturated rings. The van der Waals surface area contributed by atoms with Crippen molar-refractivity contribution in [2.75, 3.05) is 0 Å². The third-order valence-electron chi connectivity index (χ3n) is 20.5. The summed E-state index contributed by atoms with van der Waals surface area (Å²) in [5.74, 6) is 0.439. The van der Waals surface area contributed by atoms with Crippen molar-refractivity contribution >= 4 is 93.2 Å². The Morgan fingerprint density at radius 2 is 0.833 bits per heavy atom. The molecule has 0 aliphatic rings. The van der Waals surface area contributed by atoms with Gasteiger partial charge in [-0.2, -0.15) is 11.3 Å². The van der Waals surface area contributed by atoms with Crippen LogP contribution in [-0.2, 0) is 66.7 Å². The van der Waals surface area contributed by atoms with Gasteiger partial charge in [-0.05, 0) is 155 Å². The summed E-state index contributed by atoms with van der Waals surface area (Å²) in [6.07, 6.45) is 9.53. The first kappa shape index (κ1) is 75.1. The smallest absolute Gasteiger partial charge is 0.120 e. The molecular formula is C112H102Ir3N6OSSi3-6. The Kier molecular flexibility index (Phi) is 26.5. The third kappa shape index (κ3) is 24.8. The fraction of sp³-hybridized carbons (Fsp3) is 0.143. The summed E-state index contributed by atoms with van der Waals surface area (Å²) in [5, 5.41) is 9.21. The third-order valence-corrected chi connectivity index (χ3v) is 27.9. The quantitative estimate of drug-likeness (QED) is 0.0791. The Morgan fingerprint density at radius 1 is 0.349 bits per heavy atom. The van der Waals surface area contributed by atoms with Crippen LogP contribution in [0.15, 0.2) is 351 Å². The molecule has 0 bridgehead atoms. The van der Waals surface area contributed by atoms with Gasteiger partial charge in [0.1, 0.15) is 5.58 Å². The molecule has 0 spiro atoms. The van der Waals surface area contributed by atoms with Crippen LogP contribution in [0.2, 0.25) is 58.9 Å². The maximum absolute atomic E-state index is 8.22. The minimum Gasteiger partial charge on any atom is -0.500 e. The van der Waals surface area contributed by atoms with E-state index in [4.69, 9.17) is 36.3 Å². The van der Waals surface area contributed by atoms with Crippen molar-refractivity contribution in [2.24, 2.45) is 5.92 Å². The number of aryl methyl sites for hydroxylation is 3. The Balaban J connectivity index is 0.000000166. The average Bonchev–Trinajstić information content (AvgIpc) is 1.59. The normalized spacial score (nSPS) is 12.8. The monoisotopic (exact) mass is 2260 g/mol. The number of rotatable bonds is 14. The molecule has 0 N–H and O–H groups in total. The minimum atomic E-state index is -1.36. The largest absolute Gasteiger partial charge is 0.500 e. The summed E-state index contributed by atoms with van der Waals surface area (Å²) in [6.45, 7) is 32.2. The SMILES string of the molecule is Cc1cc(-c2[c-]cc3oc4ccccc4c3c2)ncc1-c1ccc([Si](C)(C)C)cc1.Cc1cc([Si](C)(C)C)ccc1-c1cnc(-c2[c-]cc3sc4ccccc4c3c2)cc1C.[2H]c1[c-]c(-c2cc(CC(C)C)c(-c3ccc([Si](C)(C)C)cc3)cn2)c([2H])c([2H])c1[2H].[2H]c1[c-]c(-c2ccccn2)c([2H])c([2H])c1[2H].[2H]c1[c-]c(-c2nc([2H])c([2H])c([2H])c2[2H])c([2H])c([2H])c1[2H].[Ir].[Ir].[Ir].[c-]1ccccc1-c1ccccn1. The Bertz CT molecular complexity index is 7670. The summed E-state index contributed by atoms with van der Waals surface area (Å²) in [7, 11) is -3.96. The zero-order chi connectivity index (χ0) is 100.0. The van der Waals surface area contributed by atoms with Crippen molar-refractivity contribution in [3.05, 3.63) is 405 Å². The zero-order valence-electron chi connectivity index (χ0n) is 88.5. The van der Waals surface area contributed by atoms with Gasteiger partial charge in [0.25, 0.3) is 0 Å². The standard InChI is InChI=1S/C28H26NSSi.C27H24NOSi.C24H28NSi.3C11H8N.3Ir/c1-18-14-21(31(3,4)5)11-12-22(18)25-17-29-26(15-19(25)2)20-10-13-28-24(16-20)23-8-6-7-9-27(23)30-28;1-18-15-25(28-17-24(18)19-9-12-21(13-10-19)30(2,3)4)20-11-14-27-23(16-20)22-7-5-6-8-26(22)29-27;1-18(2)15-21-16-24(20-9-7-6-8-10-20)25-17-23(21)19-11-13-22(14-12-19)26(3,4)5;3*1-2-6-10(7-3-1)11-8-4-5-9-12-11;;;/h6-9,11-17H,1-5H3;5-10,12-17H,1-4H3;6-9,11-14,16-18H,15H2,1-5H3;3*1-6,8-9H;;;/q6*-1;;;/i;;6D,7D,8D,9D;1D,2D,3D,4D,5D,6D,8D,9D;1D,2D,3D,6D;;;;.